The molecule has 0 saturated heterocycles. The lowest BCUT2D eigenvalue weighted by Gasteiger charge is -2.12. The van der Waals surface area contributed by atoms with Gasteiger partial charge in [0.1, 0.15) is 11.3 Å². The van der Waals surface area contributed by atoms with Gasteiger partial charge < -0.3 is 15.2 Å². The van der Waals surface area contributed by atoms with Crippen molar-refractivity contribution in [3.05, 3.63) is 76.9 Å². The summed E-state index contributed by atoms with van der Waals surface area (Å²) in [5.74, 6) is 0.826. The molecule has 30 heavy (non-hydrogen) atoms. The Morgan fingerprint density at radius 3 is 2.60 bits per heavy atom. The molecular formula is C23H22ClN5O. The Hall–Kier alpha value is -3.38. The third kappa shape index (κ3) is 4.28. The number of benzene rings is 2. The number of nitrogens with zero attached hydrogens (tertiary/aromatic N) is 3. The molecule has 0 fully saturated rings. The minimum Gasteiger partial charge on any atom is -0.336 e. The van der Waals surface area contributed by atoms with E-state index in [1.54, 1.807) is 12.3 Å². The van der Waals surface area contributed by atoms with Crippen LogP contribution in [0.5, 0.6) is 0 Å². The zero-order valence-electron chi connectivity index (χ0n) is 16.8. The molecule has 2 heterocycles. The van der Waals surface area contributed by atoms with Gasteiger partial charge >= 0.3 is 6.03 Å². The van der Waals surface area contributed by atoms with Crippen molar-refractivity contribution in [2.45, 2.75) is 20.4 Å². The Morgan fingerprint density at radius 1 is 1.07 bits per heavy atom. The summed E-state index contributed by atoms with van der Waals surface area (Å²) in [6.07, 6.45) is 1.75. The first-order chi connectivity index (χ1) is 14.5. The van der Waals surface area contributed by atoms with Crippen LogP contribution in [0.4, 0.5) is 10.5 Å². The van der Waals surface area contributed by atoms with E-state index in [0.717, 1.165) is 28.1 Å². The van der Waals surface area contributed by atoms with Gasteiger partial charge in [-0.1, -0.05) is 47.5 Å². The van der Waals surface area contributed by atoms with Gasteiger partial charge in [-0.25, -0.2) is 14.8 Å². The predicted octanol–water partition coefficient (Wildman–Crippen LogP) is 5.19. The summed E-state index contributed by atoms with van der Waals surface area (Å²) >= 11 is 6.19. The maximum Gasteiger partial charge on any atom is 0.319 e. The average Bonchev–Trinajstić information content (AvgIpc) is 3.09. The van der Waals surface area contributed by atoms with E-state index in [9.17, 15) is 4.79 Å². The summed E-state index contributed by atoms with van der Waals surface area (Å²) in [6, 6.07) is 17.2. The van der Waals surface area contributed by atoms with Crippen molar-refractivity contribution >= 4 is 34.5 Å². The van der Waals surface area contributed by atoms with Crippen LogP contribution in [-0.2, 0) is 6.54 Å². The van der Waals surface area contributed by atoms with Crippen LogP contribution < -0.4 is 10.6 Å². The number of aryl methyl sites for hydroxylation is 2. The number of halogens is 1. The zero-order valence-corrected chi connectivity index (χ0v) is 17.6. The van der Waals surface area contributed by atoms with Crippen molar-refractivity contribution < 1.29 is 4.79 Å². The predicted molar refractivity (Wildman–Crippen MR) is 121 cm³/mol. The summed E-state index contributed by atoms with van der Waals surface area (Å²) in [5, 5.41) is 6.17. The molecule has 0 aliphatic carbocycles. The number of urea groups is 1. The average molecular weight is 420 g/mol. The standard InChI is InChI=1S/C23H22ClN5O/c1-15-5-8-17(9-6-15)21-27-20-4-3-11-25-22(20)29(21)13-12-26-23(30)28-19-10-7-16(2)14-18(19)24/h3-11,14H,12-13H2,1-2H3,(H2,26,28,30). The molecule has 0 spiro atoms. The molecule has 0 aliphatic heterocycles. The van der Waals surface area contributed by atoms with Gasteiger partial charge in [0.25, 0.3) is 0 Å². The lowest BCUT2D eigenvalue weighted by Crippen LogP contribution is -2.31. The van der Waals surface area contributed by atoms with E-state index in [4.69, 9.17) is 16.6 Å². The highest BCUT2D eigenvalue weighted by molar-refractivity contribution is 6.33. The van der Waals surface area contributed by atoms with Crippen molar-refractivity contribution in [3.8, 4) is 11.4 Å². The third-order valence-corrected chi connectivity index (χ3v) is 5.12. The topological polar surface area (TPSA) is 71.8 Å². The molecule has 0 saturated carbocycles. The second kappa shape index (κ2) is 8.55. The minimum atomic E-state index is -0.310. The van der Waals surface area contributed by atoms with Crippen LogP contribution in [0.2, 0.25) is 5.02 Å². The number of hydrogen-bond acceptors (Lipinski definition) is 3. The summed E-state index contributed by atoms with van der Waals surface area (Å²) in [7, 11) is 0. The van der Waals surface area contributed by atoms with Gasteiger partial charge in [-0.3, -0.25) is 0 Å². The molecule has 7 heteroatoms. The van der Waals surface area contributed by atoms with E-state index >= 15 is 0 Å². The van der Waals surface area contributed by atoms with E-state index in [1.807, 2.05) is 47.9 Å². The molecule has 2 aromatic carbocycles. The molecule has 0 atom stereocenters. The Kier molecular flexibility index (Phi) is 5.68. The fourth-order valence-electron chi connectivity index (χ4n) is 3.26. The van der Waals surface area contributed by atoms with Gasteiger partial charge in [0.15, 0.2) is 5.65 Å². The first-order valence-electron chi connectivity index (χ1n) is 9.70. The number of anilines is 1. The molecule has 152 valence electrons. The van der Waals surface area contributed by atoms with Gasteiger partial charge in [0.05, 0.1) is 10.7 Å². The Labute approximate surface area is 179 Å². The summed E-state index contributed by atoms with van der Waals surface area (Å²) in [6.45, 7) is 4.95. The largest absolute Gasteiger partial charge is 0.336 e. The molecule has 0 radical (unpaired) electrons. The van der Waals surface area contributed by atoms with Gasteiger partial charge in [0.2, 0.25) is 0 Å². The second-order valence-corrected chi connectivity index (χ2v) is 7.57. The molecule has 2 amide bonds. The highest BCUT2D eigenvalue weighted by atomic mass is 35.5. The van der Waals surface area contributed by atoms with Crippen LogP contribution in [-0.4, -0.2) is 27.1 Å². The van der Waals surface area contributed by atoms with Crippen LogP contribution in [0.25, 0.3) is 22.6 Å². The Bertz CT molecular complexity index is 1200. The van der Waals surface area contributed by atoms with Crippen molar-refractivity contribution in [1.29, 1.82) is 0 Å². The van der Waals surface area contributed by atoms with Crippen LogP contribution in [0.3, 0.4) is 0 Å². The van der Waals surface area contributed by atoms with Gasteiger partial charge in [-0.2, -0.15) is 0 Å². The first-order valence-corrected chi connectivity index (χ1v) is 10.1. The normalized spacial score (nSPS) is 10.9. The van der Waals surface area contributed by atoms with E-state index in [1.165, 1.54) is 5.56 Å². The van der Waals surface area contributed by atoms with Crippen molar-refractivity contribution in [3.63, 3.8) is 0 Å². The molecule has 4 rings (SSSR count). The fourth-order valence-corrected chi connectivity index (χ4v) is 3.54. The Balaban J connectivity index is 1.50. The SMILES string of the molecule is Cc1ccc(-c2nc3cccnc3n2CCNC(=O)Nc2ccc(C)cc2Cl)cc1. The second-order valence-electron chi connectivity index (χ2n) is 7.16. The van der Waals surface area contributed by atoms with Crippen molar-refractivity contribution in [1.82, 2.24) is 19.9 Å². The molecule has 6 nitrogen and oxygen atoms in total. The number of carbonyl (C=O) groups is 1. The molecule has 4 aromatic rings. The minimum absolute atomic E-state index is 0.310. The third-order valence-electron chi connectivity index (χ3n) is 4.81. The van der Waals surface area contributed by atoms with Crippen LogP contribution >= 0.6 is 11.6 Å². The number of aromatic nitrogens is 3. The first kappa shape index (κ1) is 19.9. The van der Waals surface area contributed by atoms with Crippen LogP contribution in [0.15, 0.2) is 60.8 Å². The molecule has 0 bridgehead atoms. The molecule has 2 N–H and O–H groups in total. The van der Waals surface area contributed by atoms with E-state index in [-0.39, 0.29) is 6.03 Å². The fraction of sp³-hybridized carbons (Fsp3) is 0.174. The maximum absolute atomic E-state index is 12.3. The smallest absolute Gasteiger partial charge is 0.319 e. The molecule has 0 aliphatic rings. The molecule has 0 unspecified atom stereocenters. The number of amides is 2. The number of hydrogen-bond donors (Lipinski definition) is 2. The molecular weight excluding hydrogens is 398 g/mol. The van der Waals surface area contributed by atoms with E-state index < -0.39 is 0 Å². The highest BCUT2D eigenvalue weighted by Crippen LogP contribution is 2.24. The van der Waals surface area contributed by atoms with Gasteiger partial charge in [-0.15, -0.1) is 0 Å². The van der Waals surface area contributed by atoms with E-state index in [2.05, 4.69) is 34.7 Å². The van der Waals surface area contributed by atoms with Crippen LogP contribution in [0.1, 0.15) is 11.1 Å². The maximum atomic E-state index is 12.3. The number of fused-ring (bicyclic) bond motifs is 1. The quantitative estimate of drug-likeness (QED) is 0.467. The number of pyridine rings is 1. The summed E-state index contributed by atoms with van der Waals surface area (Å²) < 4.78 is 2.03. The van der Waals surface area contributed by atoms with Crippen LogP contribution in [0, 0.1) is 13.8 Å². The lowest BCUT2D eigenvalue weighted by molar-refractivity contribution is 0.251. The number of nitrogens with one attached hydrogen (secondary N) is 2. The monoisotopic (exact) mass is 419 g/mol. The van der Waals surface area contributed by atoms with Gasteiger partial charge in [0, 0.05) is 24.8 Å². The zero-order chi connectivity index (χ0) is 21.1. The van der Waals surface area contributed by atoms with Crippen molar-refractivity contribution in [2.75, 3.05) is 11.9 Å². The lowest BCUT2D eigenvalue weighted by atomic mass is 10.1. The highest BCUT2D eigenvalue weighted by Gasteiger charge is 2.14. The molecule has 2 aromatic heterocycles. The Morgan fingerprint density at radius 2 is 1.83 bits per heavy atom. The van der Waals surface area contributed by atoms with E-state index in [0.29, 0.717) is 23.8 Å². The summed E-state index contributed by atoms with van der Waals surface area (Å²) in [4.78, 5) is 21.6. The number of rotatable bonds is 5. The number of carbonyl (C=O) groups excluding carboxylic acids is 1. The summed E-state index contributed by atoms with van der Waals surface area (Å²) in [5.41, 5.74) is 5.42. The van der Waals surface area contributed by atoms with Gasteiger partial charge in [-0.05, 0) is 43.7 Å². The van der Waals surface area contributed by atoms with Crippen molar-refractivity contribution in [2.24, 2.45) is 0 Å². The number of imidazole rings is 1.